The van der Waals surface area contributed by atoms with E-state index in [0.717, 1.165) is 12.0 Å². The number of hydrogen-bond donors (Lipinski definition) is 1. The van der Waals surface area contributed by atoms with Crippen molar-refractivity contribution < 1.29 is 27.1 Å². The highest BCUT2D eigenvalue weighted by Gasteiger charge is 2.33. The maximum Gasteiger partial charge on any atom is 0.247 e. The third-order valence-corrected chi connectivity index (χ3v) is 7.47. The van der Waals surface area contributed by atoms with Gasteiger partial charge < -0.3 is 19.2 Å². The molecule has 4 rings (SSSR count). The van der Waals surface area contributed by atoms with Gasteiger partial charge in [-0.3, -0.25) is 4.79 Å². The van der Waals surface area contributed by atoms with Crippen molar-refractivity contribution in [3.05, 3.63) is 48.4 Å². The molecule has 1 aliphatic heterocycles. The first kappa shape index (κ1) is 23.7. The van der Waals surface area contributed by atoms with Gasteiger partial charge in [0.15, 0.2) is 0 Å². The van der Waals surface area contributed by atoms with Crippen LogP contribution in [0.5, 0.6) is 11.5 Å². The van der Waals surface area contributed by atoms with Gasteiger partial charge in [-0.05, 0) is 49.2 Å². The van der Waals surface area contributed by atoms with Crippen LogP contribution in [0.15, 0.2) is 51.8 Å². The minimum Gasteiger partial charge on any atom is -0.497 e. The van der Waals surface area contributed by atoms with Crippen LogP contribution in [0, 0.1) is 0 Å². The quantitative estimate of drug-likeness (QED) is 0.540. The molecule has 180 valence electrons. The third kappa shape index (κ3) is 4.90. The van der Waals surface area contributed by atoms with Crippen molar-refractivity contribution in [3.8, 4) is 23.0 Å². The molecule has 0 spiro atoms. The van der Waals surface area contributed by atoms with Gasteiger partial charge in [0.1, 0.15) is 11.5 Å². The standard InChI is InChI=1S/C23H26N4O6S/c1-15(28)24-20-13-19(9-10-21(20)32-3)34(29,30)27-11-5-7-17(14-27)23-26-25-22(33-23)16-6-4-8-18(12-16)31-2/h4,6,8-10,12-13,17H,5,7,11,14H2,1-3H3,(H,24,28)/t17-/m1/s1. The molecule has 0 unspecified atom stereocenters. The van der Waals surface area contributed by atoms with Gasteiger partial charge in [-0.25, -0.2) is 8.42 Å². The van der Waals surface area contributed by atoms with E-state index in [1.165, 1.54) is 36.5 Å². The molecule has 34 heavy (non-hydrogen) atoms. The lowest BCUT2D eigenvalue weighted by Crippen LogP contribution is -2.39. The minimum atomic E-state index is -3.82. The van der Waals surface area contributed by atoms with Crippen LogP contribution >= 0.6 is 0 Å². The first-order valence-corrected chi connectivity index (χ1v) is 12.2. The van der Waals surface area contributed by atoms with E-state index in [-0.39, 0.29) is 23.3 Å². The summed E-state index contributed by atoms with van der Waals surface area (Å²) < 4.78 is 44.6. The van der Waals surface area contributed by atoms with Gasteiger partial charge in [0.25, 0.3) is 0 Å². The van der Waals surface area contributed by atoms with Crippen LogP contribution in [-0.4, -0.2) is 56.1 Å². The van der Waals surface area contributed by atoms with Crippen molar-refractivity contribution in [1.29, 1.82) is 0 Å². The van der Waals surface area contributed by atoms with Crippen LogP contribution in [0.25, 0.3) is 11.5 Å². The Kier molecular flexibility index (Phi) is 6.85. The average molecular weight is 487 g/mol. The molecule has 1 amide bonds. The van der Waals surface area contributed by atoms with E-state index in [1.807, 2.05) is 18.2 Å². The van der Waals surface area contributed by atoms with Gasteiger partial charge in [0.2, 0.25) is 27.7 Å². The van der Waals surface area contributed by atoms with E-state index in [1.54, 1.807) is 13.2 Å². The Balaban J connectivity index is 1.56. The molecule has 2 aromatic carbocycles. The lowest BCUT2D eigenvalue weighted by Gasteiger charge is -2.30. The fourth-order valence-electron chi connectivity index (χ4n) is 3.92. The summed E-state index contributed by atoms with van der Waals surface area (Å²) in [6, 6.07) is 11.7. The van der Waals surface area contributed by atoms with E-state index < -0.39 is 10.0 Å². The number of nitrogens with one attached hydrogen (secondary N) is 1. The molecule has 1 aromatic heterocycles. The number of sulfonamides is 1. The maximum absolute atomic E-state index is 13.4. The highest BCUT2D eigenvalue weighted by atomic mass is 32.2. The Morgan fingerprint density at radius 1 is 1.15 bits per heavy atom. The normalized spacial score (nSPS) is 16.7. The Bertz CT molecular complexity index is 1290. The number of aromatic nitrogens is 2. The maximum atomic E-state index is 13.4. The number of piperidine rings is 1. The molecule has 1 aliphatic rings. The molecular weight excluding hydrogens is 460 g/mol. The zero-order valence-corrected chi connectivity index (χ0v) is 20.0. The predicted molar refractivity (Wildman–Crippen MR) is 124 cm³/mol. The smallest absolute Gasteiger partial charge is 0.247 e. The summed E-state index contributed by atoms with van der Waals surface area (Å²) in [7, 11) is -0.787. The Morgan fingerprint density at radius 3 is 2.71 bits per heavy atom. The molecule has 10 nitrogen and oxygen atoms in total. The van der Waals surface area contributed by atoms with E-state index in [0.29, 0.717) is 41.9 Å². The Morgan fingerprint density at radius 2 is 1.97 bits per heavy atom. The van der Waals surface area contributed by atoms with Crippen LogP contribution in [0.1, 0.15) is 31.6 Å². The summed E-state index contributed by atoms with van der Waals surface area (Å²) in [5.41, 5.74) is 1.02. The number of amides is 1. The van der Waals surface area contributed by atoms with Crippen LogP contribution in [0.2, 0.25) is 0 Å². The summed E-state index contributed by atoms with van der Waals surface area (Å²) in [4.78, 5) is 11.6. The lowest BCUT2D eigenvalue weighted by atomic mass is 10.00. The highest BCUT2D eigenvalue weighted by Crippen LogP contribution is 2.34. The monoisotopic (exact) mass is 486 g/mol. The molecule has 1 saturated heterocycles. The number of methoxy groups -OCH3 is 2. The number of rotatable bonds is 7. The zero-order valence-electron chi connectivity index (χ0n) is 19.1. The lowest BCUT2D eigenvalue weighted by molar-refractivity contribution is -0.114. The first-order chi connectivity index (χ1) is 16.3. The van der Waals surface area contributed by atoms with Crippen molar-refractivity contribution in [2.45, 2.75) is 30.6 Å². The molecule has 11 heteroatoms. The van der Waals surface area contributed by atoms with Crippen molar-refractivity contribution in [1.82, 2.24) is 14.5 Å². The number of anilines is 1. The van der Waals surface area contributed by atoms with Crippen molar-refractivity contribution >= 4 is 21.6 Å². The van der Waals surface area contributed by atoms with Crippen LogP contribution in [0.4, 0.5) is 5.69 Å². The van der Waals surface area contributed by atoms with Gasteiger partial charge >= 0.3 is 0 Å². The molecule has 2 heterocycles. The SMILES string of the molecule is COc1cccc(-c2nnc([C@@H]3CCCN(S(=O)(=O)c4ccc(OC)c(NC(C)=O)c4)C3)o2)c1. The van der Waals surface area contributed by atoms with Gasteiger partial charge in [0.05, 0.1) is 30.7 Å². The summed E-state index contributed by atoms with van der Waals surface area (Å²) in [5, 5.41) is 10.9. The van der Waals surface area contributed by atoms with Crippen LogP contribution in [0.3, 0.4) is 0 Å². The van der Waals surface area contributed by atoms with Gasteiger partial charge in [-0.1, -0.05) is 6.07 Å². The van der Waals surface area contributed by atoms with E-state index >= 15 is 0 Å². The topological polar surface area (TPSA) is 124 Å². The van der Waals surface area contributed by atoms with E-state index in [4.69, 9.17) is 13.9 Å². The number of ether oxygens (including phenoxy) is 2. The molecule has 0 bridgehead atoms. The summed E-state index contributed by atoms with van der Waals surface area (Å²) in [6.45, 7) is 1.93. The van der Waals surface area contributed by atoms with Crippen LogP contribution < -0.4 is 14.8 Å². The molecule has 1 atom stereocenters. The largest absolute Gasteiger partial charge is 0.497 e. The number of carbonyl (C=O) groups excluding carboxylic acids is 1. The Hall–Kier alpha value is -3.44. The van der Waals surface area contributed by atoms with Gasteiger partial charge in [-0.2, -0.15) is 4.31 Å². The molecule has 1 N–H and O–H groups in total. The molecular formula is C23H26N4O6S. The fourth-order valence-corrected chi connectivity index (χ4v) is 5.47. The van der Waals surface area contributed by atoms with Gasteiger partial charge in [0, 0.05) is 25.6 Å². The highest BCUT2D eigenvalue weighted by molar-refractivity contribution is 7.89. The molecule has 0 saturated carbocycles. The van der Waals surface area contributed by atoms with E-state index in [9.17, 15) is 13.2 Å². The summed E-state index contributed by atoms with van der Waals surface area (Å²) in [5.74, 6) is 1.24. The fraction of sp³-hybridized carbons (Fsp3) is 0.348. The van der Waals surface area contributed by atoms with Crippen LogP contribution in [-0.2, 0) is 14.8 Å². The second kappa shape index (κ2) is 9.82. The molecule has 1 fully saturated rings. The third-order valence-electron chi connectivity index (χ3n) is 5.61. The number of hydrogen-bond acceptors (Lipinski definition) is 8. The zero-order chi connectivity index (χ0) is 24.3. The number of benzene rings is 2. The summed E-state index contributed by atoms with van der Waals surface area (Å²) in [6.07, 6.45) is 1.38. The van der Waals surface area contributed by atoms with Crippen molar-refractivity contribution in [2.75, 3.05) is 32.6 Å². The molecule has 0 radical (unpaired) electrons. The number of nitrogens with zero attached hydrogens (tertiary/aromatic N) is 3. The predicted octanol–water partition coefficient (Wildman–Crippen LogP) is 3.28. The molecule has 3 aromatic rings. The second-order valence-electron chi connectivity index (χ2n) is 7.92. The van der Waals surface area contributed by atoms with Crippen molar-refractivity contribution in [2.24, 2.45) is 0 Å². The Labute approximate surface area is 197 Å². The summed E-state index contributed by atoms with van der Waals surface area (Å²) >= 11 is 0. The second-order valence-corrected chi connectivity index (χ2v) is 9.86. The van der Waals surface area contributed by atoms with Crippen molar-refractivity contribution in [3.63, 3.8) is 0 Å². The average Bonchev–Trinajstić information content (AvgIpc) is 3.34. The van der Waals surface area contributed by atoms with E-state index in [2.05, 4.69) is 15.5 Å². The minimum absolute atomic E-state index is 0.0697. The first-order valence-electron chi connectivity index (χ1n) is 10.8. The molecule has 0 aliphatic carbocycles. The van der Waals surface area contributed by atoms with Gasteiger partial charge in [-0.15, -0.1) is 10.2 Å². The number of carbonyl (C=O) groups is 1.